The van der Waals surface area contributed by atoms with E-state index in [-0.39, 0.29) is 18.1 Å². The first kappa shape index (κ1) is 20.9. The molecule has 1 aromatic rings. The zero-order valence-corrected chi connectivity index (χ0v) is 16.9. The van der Waals surface area contributed by atoms with Crippen LogP contribution in [0.5, 0.6) is 5.75 Å². The molecular formula is C20H31N3O4. The zero-order chi connectivity index (χ0) is 20.0. The Hall–Kier alpha value is -2.44. The van der Waals surface area contributed by atoms with E-state index in [0.29, 0.717) is 18.0 Å². The van der Waals surface area contributed by atoms with Crippen LogP contribution in [0.1, 0.15) is 47.0 Å². The Morgan fingerprint density at radius 3 is 2.67 bits per heavy atom. The number of nitrogens with zero attached hydrogens (tertiary/aromatic N) is 1. The van der Waals surface area contributed by atoms with Crippen molar-refractivity contribution in [3.05, 3.63) is 24.3 Å². The van der Waals surface area contributed by atoms with Gasteiger partial charge in [0.15, 0.2) is 0 Å². The van der Waals surface area contributed by atoms with Crippen LogP contribution in [-0.2, 0) is 4.74 Å². The van der Waals surface area contributed by atoms with Crippen molar-refractivity contribution >= 4 is 17.8 Å². The predicted molar refractivity (Wildman–Crippen MR) is 105 cm³/mol. The van der Waals surface area contributed by atoms with Crippen molar-refractivity contribution in [1.29, 1.82) is 0 Å². The van der Waals surface area contributed by atoms with Gasteiger partial charge in [0.05, 0.1) is 13.2 Å². The predicted octanol–water partition coefficient (Wildman–Crippen LogP) is 3.99. The number of anilines is 1. The van der Waals surface area contributed by atoms with Crippen molar-refractivity contribution in [3.63, 3.8) is 0 Å². The SMILES string of the molecule is COc1cccc(NC(=O)N2CCCC[C@@H]2[C@@H](C)NC(=O)OC(C)(C)C)c1. The lowest BCUT2D eigenvalue weighted by molar-refractivity contribution is 0.0465. The molecule has 7 nitrogen and oxygen atoms in total. The van der Waals surface area contributed by atoms with Gasteiger partial charge in [-0.2, -0.15) is 0 Å². The van der Waals surface area contributed by atoms with Gasteiger partial charge in [0.25, 0.3) is 0 Å². The highest BCUT2D eigenvalue weighted by Gasteiger charge is 2.32. The molecule has 1 fully saturated rings. The van der Waals surface area contributed by atoms with Gasteiger partial charge in [0.1, 0.15) is 11.4 Å². The second kappa shape index (κ2) is 8.97. The molecule has 0 aliphatic carbocycles. The van der Waals surface area contributed by atoms with Crippen LogP contribution in [0.25, 0.3) is 0 Å². The van der Waals surface area contributed by atoms with Gasteiger partial charge in [-0.25, -0.2) is 9.59 Å². The van der Waals surface area contributed by atoms with E-state index in [1.807, 2.05) is 45.9 Å². The van der Waals surface area contributed by atoms with Crippen LogP contribution in [0.4, 0.5) is 15.3 Å². The highest BCUT2D eigenvalue weighted by molar-refractivity contribution is 5.90. The van der Waals surface area contributed by atoms with Crippen LogP contribution in [-0.4, -0.2) is 48.4 Å². The minimum Gasteiger partial charge on any atom is -0.497 e. The summed E-state index contributed by atoms with van der Waals surface area (Å²) < 4.78 is 10.5. The highest BCUT2D eigenvalue weighted by Crippen LogP contribution is 2.23. The lowest BCUT2D eigenvalue weighted by Gasteiger charge is -2.39. The number of carbonyl (C=O) groups is 2. The minimum atomic E-state index is -0.556. The van der Waals surface area contributed by atoms with Crippen molar-refractivity contribution < 1.29 is 19.1 Å². The number of ether oxygens (including phenoxy) is 2. The molecule has 27 heavy (non-hydrogen) atoms. The van der Waals surface area contributed by atoms with E-state index in [2.05, 4.69) is 10.6 Å². The lowest BCUT2D eigenvalue weighted by atomic mass is 9.97. The summed E-state index contributed by atoms with van der Waals surface area (Å²) in [5, 5.41) is 5.80. The van der Waals surface area contributed by atoms with E-state index in [9.17, 15) is 9.59 Å². The fourth-order valence-electron chi connectivity index (χ4n) is 3.22. The molecule has 1 aliphatic heterocycles. The van der Waals surface area contributed by atoms with Gasteiger partial charge in [-0.1, -0.05) is 6.07 Å². The molecule has 1 heterocycles. The molecule has 2 rings (SSSR count). The Labute approximate surface area is 161 Å². The summed E-state index contributed by atoms with van der Waals surface area (Å²) in [6.45, 7) is 8.04. The van der Waals surface area contributed by atoms with E-state index < -0.39 is 11.7 Å². The summed E-state index contributed by atoms with van der Waals surface area (Å²) in [6, 6.07) is 6.78. The molecule has 150 valence electrons. The number of methoxy groups -OCH3 is 1. The number of nitrogens with one attached hydrogen (secondary N) is 2. The van der Waals surface area contributed by atoms with E-state index in [1.54, 1.807) is 18.1 Å². The van der Waals surface area contributed by atoms with Gasteiger partial charge < -0.3 is 25.0 Å². The number of urea groups is 1. The molecule has 2 N–H and O–H groups in total. The number of alkyl carbamates (subject to hydrolysis) is 1. The molecule has 2 atom stereocenters. The van der Waals surface area contributed by atoms with Crippen LogP contribution in [0, 0.1) is 0 Å². The lowest BCUT2D eigenvalue weighted by Crippen LogP contribution is -2.55. The maximum atomic E-state index is 12.8. The number of hydrogen-bond donors (Lipinski definition) is 2. The summed E-state index contributed by atoms with van der Waals surface area (Å²) in [5.41, 5.74) is 0.121. The zero-order valence-electron chi connectivity index (χ0n) is 16.9. The number of carbonyl (C=O) groups excluding carboxylic acids is 2. The van der Waals surface area contributed by atoms with E-state index in [4.69, 9.17) is 9.47 Å². The number of hydrogen-bond acceptors (Lipinski definition) is 4. The van der Waals surface area contributed by atoms with E-state index in [1.165, 1.54) is 0 Å². The Morgan fingerprint density at radius 1 is 1.26 bits per heavy atom. The van der Waals surface area contributed by atoms with E-state index in [0.717, 1.165) is 19.3 Å². The van der Waals surface area contributed by atoms with Gasteiger partial charge in [-0.05, 0) is 59.1 Å². The van der Waals surface area contributed by atoms with Crippen LogP contribution >= 0.6 is 0 Å². The average molecular weight is 377 g/mol. The van der Waals surface area contributed by atoms with Gasteiger partial charge in [-0.3, -0.25) is 0 Å². The third-order valence-electron chi connectivity index (χ3n) is 4.45. The van der Waals surface area contributed by atoms with Crippen LogP contribution in [0.3, 0.4) is 0 Å². The molecule has 1 saturated heterocycles. The fraction of sp³-hybridized carbons (Fsp3) is 0.600. The summed E-state index contributed by atoms with van der Waals surface area (Å²) in [4.78, 5) is 26.7. The van der Waals surface area contributed by atoms with Crippen LogP contribution in [0.2, 0.25) is 0 Å². The normalized spacial score (nSPS) is 18.4. The summed E-state index contributed by atoms with van der Waals surface area (Å²) in [6.07, 6.45) is 2.34. The maximum Gasteiger partial charge on any atom is 0.407 e. The van der Waals surface area contributed by atoms with Crippen molar-refractivity contribution in [2.75, 3.05) is 19.0 Å². The molecule has 1 aromatic carbocycles. The molecular weight excluding hydrogens is 346 g/mol. The van der Waals surface area contributed by atoms with Crippen molar-refractivity contribution in [2.24, 2.45) is 0 Å². The molecule has 0 spiro atoms. The van der Waals surface area contributed by atoms with Crippen molar-refractivity contribution in [3.8, 4) is 5.75 Å². The van der Waals surface area contributed by atoms with Crippen LogP contribution < -0.4 is 15.4 Å². The first-order valence-corrected chi connectivity index (χ1v) is 9.41. The quantitative estimate of drug-likeness (QED) is 0.831. The largest absolute Gasteiger partial charge is 0.497 e. The highest BCUT2D eigenvalue weighted by atomic mass is 16.6. The van der Waals surface area contributed by atoms with Crippen molar-refractivity contribution in [2.45, 2.75) is 64.6 Å². The standard InChI is InChI=1S/C20H31N3O4/c1-14(21-19(25)27-20(2,3)4)17-11-6-7-12-23(17)18(24)22-15-9-8-10-16(13-15)26-5/h8-10,13-14,17H,6-7,11-12H2,1-5H3,(H,21,25)(H,22,24)/t14-,17-/m1/s1. The second-order valence-corrected chi connectivity index (χ2v) is 7.85. The maximum absolute atomic E-state index is 12.8. The van der Waals surface area contributed by atoms with Crippen LogP contribution in [0.15, 0.2) is 24.3 Å². The number of likely N-dealkylation sites (tertiary alicyclic amines) is 1. The topological polar surface area (TPSA) is 79.9 Å². The first-order chi connectivity index (χ1) is 12.7. The van der Waals surface area contributed by atoms with Gasteiger partial charge >= 0.3 is 12.1 Å². The summed E-state index contributed by atoms with van der Waals surface area (Å²) in [7, 11) is 1.59. The van der Waals surface area contributed by atoms with Gasteiger partial charge in [0.2, 0.25) is 0 Å². The second-order valence-electron chi connectivity index (χ2n) is 7.85. The Morgan fingerprint density at radius 2 is 2.00 bits per heavy atom. The smallest absolute Gasteiger partial charge is 0.407 e. The van der Waals surface area contributed by atoms with Gasteiger partial charge in [0, 0.05) is 24.3 Å². The fourth-order valence-corrected chi connectivity index (χ4v) is 3.22. The Balaban J connectivity index is 2.02. The monoisotopic (exact) mass is 377 g/mol. The van der Waals surface area contributed by atoms with E-state index >= 15 is 0 Å². The molecule has 0 unspecified atom stereocenters. The Kier molecular flexibility index (Phi) is 6.93. The molecule has 0 bridgehead atoms. The molecule has 3 amide bonds. The number of benzene rings is 1. The molecule has 0 radical (unpaired) electrons. The number of piperidine rings is 1. The number of amides is 3. The molecule has 0 saturated carbocycles. The third-order valence-corrected chi connectivity index (χ3v) is 4.45. The summed E-state index contributed by atoms with van der Waals surface area (Å²) in [5.74, 6) is 0.683. The average Bonchev–Trinajstić information content (AvgIpc) is 2.60. The minimum absolute atomic E-state index is 0.0862. The first-order valence-electron chi connectivity index (χ1n) is 9.41. The van der Waals surface area contributed by atoms with Gasteiger partial charge in [-0.15, -0.1) is 0 Å². The molecule has 1 aliphatic rings. The molecule has 7 heteroatoms. The van der Waals surface area contributed by atoms with Crippen molar-refractivity contribution in [1.82, 2.24) is 10.2 Å². The number of rotatable bonds is 4. The summed E-state index contributed by atoms with van der Waals surface area (Å²) >= 11 is 0. The Bertz CT molecular complexity index is 657. The molecule has 0 aromatic heterocycles. The third kappa shape index (κ3) is 6.34.